The van der Waals surface area contributed by atoms with Gasteiger partial charge in [0.1, 0.15) is 6.10 Å². The Bertz CT molecular complexity index is 484. The van der Waals surface area contributed by atoms with Gasteiger partial charge in [0, 0.05) is 0 Å². The van der Waals surface area contributed by atoms with Crippen molar-refractivity contribution in [2.75, 3.05) is 0 Å². The Kier molecular flexibility index (Phi) is 6.05. The molecule has 0 unspecified atom stereocenters. The quantitative estimate of drug-likeness (QED) is 0.656. The molecule has 122 valence electrons. The van der Waals surface area contributed by atoms with Gasteiger partial charge in [-0.2, -0.15) is 0 Å². The van der Waals surface area contributed by atoms with Crippen molar-refractivity contribution >= 4 is 5.97 Å². The molecule has 0 aromatic heterocycles. The van der Waals surface area contributed by atoms with Crippen molar-refractivity contribution in [2.24, 2.45) is 5.41 Å². The van der Waals surface area contributed by atoms with Crippen molar-refractivity contribution < 1.29 is 9.53 Å². The lowest BCUT2D eigenvalue weighted by Crippen LogP contribution is -2.30. The molecule has 0 atom stereocenters. The third-order valence-corrected chi connectivity index (χ3v) is 4.70. The molecule has 0 N–H and O–H groups in total. The molecule has 0 aliphatic heterocycles. The fourth-order valence-electron chi connectivity index (χ4n) is 3.11. The summed E-state index contributed by atoms with van der Waals surface area (Å²) in [6.45, 7) is 6.23. The second-order valence-electron chi connectivity index (χ2n) is 7.27. The van der Waals surface area contributed by atoms with Crippen molar-refractivity contribution in [1.82, 2.24) is 0 Å². The van der Waals surface area contributed by atoms with Crippen LogP contribution < -0.4 is 0 Å². The number of benzene rings is 1. The molecule has 2 rings (SSSR count). The third-order valence-electron chi connectivity index (χ3n) is 4.70. The van der Waals surface area contributed by atoms with Gasteiger partial charge in [0.15, 0.2) is 0 Å². The monoisotopic (exact) mass is 302 g/mol. The third kappa shape index (κ3) is 4.86. The number of rotatable bonds is 7. The van der Waals surface area contributed by atoms with E-state index in [1.807, 2.05) is 13.8 Å². The van der Waals surface area contributed by atoms with Crippen LogP contribution in [-0.2, 0) is 22.4 Å². The predicted molar refractivity (Wildman–Crippen MR) is 90.9 cm³/mol. The molecule has 0 amide bonds. The average molecular weight is 302 g/mol. The van der Waals surface area contributed by atoms with Crippen LogP contribution in [0.4, 0.5) is 0 Å². The van der Waals surface area contributed by atoms with E-state index in [1.54, 1.807) is 0 Å². The van der Waals surface area contributed by atoms with E-state index in [0.29, 0.717) is 0 Å². The van der Waals surface area contributed by atoms with E-state index in [0.717, 1.165) is 32.1 Å². The molecular weight excluding hydrogens is 272 g/mol. The van der Waals surface area contributed by atoms with Gasteiger partial charge in [0.25, 0.3) is 0 Å². The van der Waals surface area contributed by atoms with E-state index in [4.69, 9.17) is 4.74 Å². The number of ether oxygens (including phenoxy) is 1. The molecule has 2 nitrogen and oxygen atoms in total. The maximum Gasteiger partial charge on any atom is 0.311 e. The molecule has 0 heterocycles. The van der Waals surface area contributed by atoms with Crippen LogP contribution in [0.15, 0.2) is 24.3 Å². The summed E-state index contributed by atoms with van der Waals surface area (Å²) in [7, 11) is 0. The van der Waals surface area contributed by atoms with Gasteiger partial charge in [-0.25, -0.2) is 0 Å². The number of carbonyl (C=O) groups is 1. The van der Waals surface area contributed by atoms with E-state index in [1.165, 1.54) is 30.4 Å². The van der Waals surface area contributed by atoms with Gasteiger partial charge in [-0.05, 0) is 69.9 Å². The van der Waals surface area contributed by atoms with Gasteiger partial charge >= 0.3 is 5.97 Å². The summed E-state index contributed by atoms with van der Waals surface area (Å²) in [5.41, 5.74) is 2.32. The summed E-state index contributed by atoms with van der Waals surface area (Å²) in [4.78, 5) is 12.4. The highest BCUT2D eigenvalue weighted by Crippen LogP contribution is 2.29. The van der Waals surface area contributed by atoms with E-state index in [-0.39, 0.29) is 12.1 Å². The van der Waals surface area contributed by atoms with Crippen LogP contribution in [0.25, 0.3) is 0 Å². The minimum Gasteiger partial charge on any atom is -0.462 e. The maximum absolute atomic E-state index is 12.4. The molecular formula is C20H30O2. The number of hydrogen-bond donors (Lipinski definition) is 0. The summed E-state index contributed by atoms with van der Waals surface area (Å²) in [5.74, 6) is -0.0240. The molecule has 1 saturated carbocycles. The van der Waals surface area contributed by atoms with Gasteiger partial charge in [-0.3, -0.25) is 4.79 Å². The minimum absolute atomic E-state index is 0.0240. The zero-order valence-corrected chi connectivity index (χ0v) is 14.4. The lowest BCUT2D eigenvalue weighted by Gasteiger charge is -2.25. The molecule has 0 saturated heterocycles. The zero-order chi connectivity index (χ0) is 16.0. The first-order valence-corrected chi connectivity index (χ1v) is 8.80. The molecule has 0 radical (unpaired) electrons. The Labute approximate surface area is 135 Å². The normalized spacial score (nSPS) is 16.0. The van der Waals surface area contributed by atoms with E-state index in [9.17, 15) is 4.79 Å². The topological polar surface area (TPSA) is 26.3 Å². The second kappa shape index (κ2) is 7.80. The first-order valence-electron chi connectivity index (χ1n) is 8.80. The first-order chi connectivity index (χ1) is 10.5. The van der Waals surface area contributed by atoms with Crippen LogP contribution in [0.5, 0.6) is 0 Å². The van der Waals surface area contributed by atoms with Crippen molar-refractivity contribution in [3.05, 3.63) is 35.4 Å². The Balaban J connectivity index is 1.87. The van der Waals surface area contributed by atoms with Gasteiger partial charge in [0.2, 0.25) is 0 Å². The van der Waals surface area contributed by atoms with E-state index in [2.05, 4.69) is 31.2 Å². The highest BCUT2D eigenvalue weighted by molar-refractivity contribution is 5.76. The molecule has 1 aliphatic carbocycles. The Morgan fingerprint density at radius 1 is 1.18 bits per heavy atom. The van der Waals surface area contributed by atoms with Gasteiger partial charge < -0.3 is 4.74 Å². The van der Waals surface area contributed by atoms with Crippen LogP contribution >= 0.6 is 0 Å². The minimum atomic E-state index is -0.399. The van der Waals surface area contributed by atoms with Crippen molar-refractivity contribution in [1.29, 1.82) is 0 Å². The highest BCUT2D eigenvalue weighted by atomic mass is 16.5. The number of hydrogen-bond acceptors (Lipinski definition) is 2. The summed E-state index contributed by atoms with van der Waals surface area (Å²) >= 11 is 0. The molecule has 22 heavy (non-hydrogen) atoms. The lowest BCUT2D eigenvalue weighted by atomic mass is 9.86. The van der Waals surface area contributed by atoms with Crippen LogP contribution in [-0.4, -0.2) is 12.1 Å². The van der Waals surface area contributed by atoms with Gasteiger partial charge in [0.05, 0.1) is 5.41 Å². The van der Waals surface area contributed by atoms with Gasteiger partial charge in [-0.15, -0.1) is 0 Å². The fourth-order valence-corrected chi connectivity index (χ4v) is 3.11. The summed E-state index contributed by atoms with van der Waals surface area (Å²) in [5, 5.41) is 0. The molecule has 0 bridgehead atoms. The Morgan fingerprint density at radius 2 is 1.82 bits per heavy atom. The molecule has 2 heteroatoms. The Morgan fingerprint density at radius 3 is 2.45 bits per heavy atom. The van der Waals surface area contributed by atoms with Crippen molar-refractivity contribution in [3.8, 4) is 0 Å². The van der Waals surface area contributed by atoms with E-state index < -0.39 is 5.41 Å². The number of esters is 1. The highest BCUT2D eigenvalue weighted by Gasteiger charge is 2.31. The maximum atomic E-state index is 12.4. The van der Waals surface area contributed by atoms with Gasteiger partial charge in [-0.1, -0.05) is 37.6 Å². The summed E-state index contributed by atoms with van der Waals surface area (Å²) in [6, 6.07) is 8.76. The SMILES string of the molecule is CCCc1cccc(CCC(C)(C)C(=O)OC2CCCC2)c1. The molecule has 1 aromatic carbocycles. The zero-order valence-electron chi connectivity index (χ0n) is 14.4. The lowest BCUT2D eigenvalue weighted by molar-refractivity contribution is -0.159. The van der Waals surface area contributed by atoms with Crippen LogP contribution in [0.2, 0.25) is 0 Å². The standard InChI is InChI=1S/C20H30O2/c1-4-8-16-9-7-10-17(15-16)13-14-20(2,3)19(21)22-18-11-5-6-12-18/h7,9-10,15,18H,4-6,8,11-14H2,1-3H3. The average Bonchev–Trinajstić information content (AvgIpc) is 2.99. The Hall–Kier alpha value is -1.31. The fraction of sp³-hybridized carbons (Fsp3) is 0.650. The molecule has 0 spiro atoms. The molecule has 1 aliphatic rings. The second-order valence-corrected chi connectivity index (χ2v) is 7.27. The van der Waals surface area contributed by atoms with Crippen LogP contribution in [0.1, 0.15) is 70.4 Å². The molecule has 1 fully saturated rings. The smallest absolute Gasteiger partial charge is 0.311 e. The summed E-state index contributed by atoms with van der Waals surface area (Å²) < 4.78 is 5.69. The molecule has 1 aromatic rings. The van der Waals surface area contributed by atoms with Crippen LogP contribution in [0.3, 0.4) is 0 Å². The van der Waals surface area contributed by atoms with E-state index >= 15 is 0 Å². The largest absolute Gasteiger partial charge is 0.462 e. The predicted octanol–water partition coefficient (Wildman–Crippen LogP) is 5.08. The van der Waals surface area contributed by atoms with Crippen LogP contribution in [0, 0.1) is 5.41 Å². The van der Waals surface area contributed by atoms with Crippen molar-refractivity contribution in [3.63, 3.8) is 0 Å². The summed E-state index contributed by atoms with van der Waals surface area (Å²) in [6.07, 6.45) is 8.72. The number of carbonyl (C=O) groups excluding carboxylic acids is 1. The first kappa shape index (κ1) is 17.1. The van der Waals surface area contributed by atoms with Crippen molar-refractivity contribution in [2.45, 2.75) is 78.2 Å². The number of aryl methyl sites for hydroxylation is 2.